The zero-order valence-electron chi connectivity index (χ0n) is 14.9. The summed E-state index contributed by atoms with van der Waals surface area (Å²) in [5.74, 6) is -0.522. The summed E-state index contributed by atoms with van der Waals surface area (Å²) in [6.45, 7) is 2.52. The fourth-order valence-corrected chi connectivity index (χ4v) is 2.42. The van der Waals surface area contributed by atoms with Gasteiger partial charge in [0.1, 0.15) is 11.8 Å². The first-order valence-electron chi connectivity index (χ1n) is 8.90. The van der Waals surface area contributed by atoms with Gasteiger partial charge in [-0.2, -0.15) is 0 Å². The maximum atomic E-state index is 11.9. The number of hydrogen-bond donors (Lipinski definition) is 3. The van der Waals surface area contributed by atoms with Crippen molar-refractivity contribution in [2.24, 2.45) is 5.73 Å². The van der Waals surface area contributed by atoms with Crippen molar-refractivity contribution in [3.05, 3.63) is 24.2 Å². The zero-order chi connectivity index (χ0) is 18.5. The van der Waals surface area contributed by atoms with Gasteiger partial charge in [-0.25, -0.2) is 0 Å². The molecule has 0 aliphatic heterocycles. The Morgan fingerprint density at radius 1 is 1.16 bits per heavy atom. The molecule has 0 saturated carbocycles. The number of unbranched alkanes of at least 4 members (excludes halogenated alkanes) is 4. The summed E-state index contributed by atoms with van der Waals surface area (Å²) >= 11 is 0. The zero-order valence-corrected chi connectivity index (χ0v) is 14.9. The summed E-state index contributed by atoms with van der Waals surface area (Å²) in [6, 6.07) is 2.61. The van der Waals surface area contributed by atoms with Crippen molar-refractivity contribution in [1.29, 1.82) is 0 Å². The van der Waals surface area contributed by atoms with Crippen molar-refractivity contribution in [2.75, 3.05) is 6.54 Å². The molecular formula is C18H29N3O4. The number of rotatable bonds is 13. The van der Waals surface area contributed by atoms with Crippen LogP contribution in [0.15, 0.2) is 22.8 Å². The lowest BCUT2D eigenvalue weighted by Crippen LogP contribution is -2.47. The molecule has 3 amide bonds. The van der Waals surface area contributed by atoms with E-state index in [0.717, 1.165) is 37.9 Å². The highest BCUT2D eigenvalue weighted by Crippen LogP contribution is 2.05. The number of hydrogen-bond acceptors (Lipinski definition) is 4. The molecule has 0 aliphatic carbocycles. The molecule has 0 fully saturated rings. The third kappa shape index (κ3) is 9.54. The lowest BCUT2D eigenvalue weighted by atomic mass is 10.1. The highest BCUT2D eigenvalue weighted by Gasteiger charge is 2.21. The summed E-state index contributed by atoms with van der Waals surface area (Å²) in [7, 11) is 0. The highest BCUT2D eigenvalue weighted by atomic mass is 16.3. The summed E-state index contributed by atoms with van der Waals surface area (Å²) < 4.78 is 5.17. The average Bonchev–Trinajstić information content (AvgIpc) is 3.07. The Labute approximate surface area is 148 Å². The molecule has 0 spiro atoms. The SMILES string of the molecule is CCCCCCCC(=O)NC(CC(=O)NCCc1ccco1)C(N)=O. The lowest BCUT2D eigenvalue weighted by Gasteiger charge is -2.15. The summed E-state index contributed by atoms with van der Waals surface area (Å²) in [4.78, 5) is 35.2. The first kappa shape index (κ1) is 20.7. The number of carbonyl (C=O) groups excluding carboxylic acids is 3. The van der Waals surface area contributed by atoms with Crippen LogP contribution < -0.4 is 16.4 Å². The van der Waals surface area contributed by atoms with Crippen LogP contribution in [-0.2, 0) is 20.8 Å². The van der Waals surface area contributed by atoms with E-state index in [1.54, 1.807) is 12.3 Å². The molecule has 1 atom stereocenters. The van der Waals surface area contributed by atoms with E-state index in [2.05, 4.69) is 17.6 Å². The van der Waals surface area contributed by atoms with Crippen LogP contribution in [0.5, 0.6) is 0 Å². The first-order valence-corrected chi connectivity index (χ1v) is 8.90. The lowest BCUT2D eigenvalue weighted by molar-refractivity contribution is -0.130. The average molecular weight is 351 g/mol. The fourth-order valence-electron chi connectivity index (χ4n) is 2.42. The predicted octanol–water partition coefficient (Wildman–Crippen LogP) is 1.66. The second-order valence-electron chi connectivity index (χ2n) is 6.07. The molecular weight excluding hydrogens is 322 g/mol. The summed E-state index contributed by atoms with van der Waals surface area (Å²) in [6.07, 6.45) is 7.46. The van der Waals surface area contributed by atoms with Gasteiger partial charge in [0.2, 0.25) is 17.7 Å². The van der Waals surface area contributed by atoms with Crippen LogP contribution in [0, 0.1) is 0 Å². The maximum Gasteiger partial charge on any atom is 0.240 e. The minimum atomic E-state index is -0.980. The quantitative estimate of drug-likeness (QED) is 0.469. The van der Waals surface area contributed by atoms with Crippen molar-refractivity contribution >= 4 is 17.7 Å². The van der Waals surface area contributed by atoms with E-state index in [1.807, 2.05) is 6.07 Å². The van der Waals surface area contributed by atoms with Crippen molar-refractivity contribution < 1.29 is 18.8 Å². The Bertz CT molecular complexity index is 528. The van der Waals surface area contributed by atoms with Crippen LogP contribution in [-0.4, -0.2) is 30.3 Å². The fraction of sp³-hybridized carbons (Fsp3) is 0.611. The Morgan fingerprint density at radius 3 is 2.56 bits per heavy atom. The van der Waals surface area contributed by atoms with E-state index in [4.69, 9.17) is 10.2 Å². The largest absolute Gasteiger partial charge is 0.469 e. The van der Waals surface area contributed by atoms with Gasteiger partial charge in [-0.1, -0.05) is 32.6 Å². The summed E-state index contributed by atoms with van der Waals surface area (Å²) in [5.41, 5.74) is 5.28. The van der Waals surface area contributed by atoms with Gasteiger partial charge in [0, 0.05) is 19.4 Å². The number of carbonyl (C=O) groups is 3. The topological polar surface area (TPSA) is 114 Å². The van der Waals surface area contributed by atoms with E-state index in [-0.39, 0.29) is 18.2 Å². The predicted molar refractivity (Wildman–Crippen MR) is 94.5 cm³/mol. The molecule has 0 saturated heterocycles. The Morgan fingerprint density at radius 2 is 1.92 bits per heavy atom. The number of amides is 3. The molecule has 1 aromatic heterocycles. The van der Waals surface area contributed by atoms with Gasteiger partial charge >= 0.3 is 0 Å². The Hall–Kier alpha value is -2.31. The molecule has 1 rings (SSSR count). The highest BCUT2D eigenvalue weighted by molar-refractivity contribution is 5.91. The van der Waals surface area contributed by atoms with Crippen LogP contribution in [0.4, 0.5) is 0 Å². The van der Waals surface area contributed by atoms with Crippen molar-refractivity contribution in [3.63, 3.8) is 0 Å². The Balaban J connectivity index is 2.26. The van der Waals surface area contributed by atoms with Gasteiger partial charge in [-0.05, 0) is 18.6 Å². The standard InChI is InChI=1S/C18H29N3O4/c1-2-3-4-5-6-9-16(22)21-15(18(19)24)13-17(23)20-11-10-14-8-7-12-25-14/h7-8,12,15H,2-6,9-11,13H2,1H3,(H2,19,24)(H,20,23)(H,21,22). The molecule has 140 valence electrons. The van der Waals surface area contributed by atoms with Crippen molar-refractivity contribution in [3.8, 4) is 0 Å². The Kier molecular flexibility index (Phi) is 10.0. The molecule has 0 bridgehead atoms. The molecule has 25 heavy (non-hydrogen) atoms. The smallest absolute Gasteiger partial charge is 0.240 e. The van der Waals surface area contributed by atoms with E-state index in [0.29, 0.717) is 19.4 Å². The van der Waals surface area contributed by atoms with Gasteiger partial charge in [-0.3, -0.25) is 14.4 Å². The van der Waals surface area contributed by atoms with Crippen molar-refractivity contribution in [1.82, 2.24) is 10.6 Å². The van der Waals surface area contributed by atoms with Crippen LogP contribution in [0.1, 0.15) is 57.6 Å². The van der Waals surface area contributed by atoms with Gasteiger partial charge in [0.25, 0.3) is 0 Å². The van der Waals surface area contributed by atoms with Crippen molar-refractivity contribution in [2.45, 2.75) is 64.3 Å². The molecule has 1 unspecified atom stereocenters. The monoisotopic (exact) mass is 351 g/mol. The normalized spacial score (nSPS) is 11.7. The number of primary amides is 1. The van der Waals surface area contributed by atoms with Gasteiger partial charge < -0.3 is 20.8 Å². The molecule has 7 heteroatoms. The number of nitrogens with one attached hydrogen (secondary N) is 2. The van der Waals surface area contributed by atoms with E-state index in [9.17, 15) is 14.4 Å². The number of nitrogens with two attached hydrogens (primary N) is 1. The minimum absolute atomic E-state index is 0.158. The van der Waals surface area contributed by atoms with Gasteiger partial charge in [-0.15, -0.1) is 0 Å². The van der Waals surface area contributed by atoms with E-state index >= 15 is 0 Å². The van der Waals surface area contributed by atoms with Crippen LogP contribution in [0.3, 0.4) is 0 Å². The third-order valence-electron chi connectivity index (χ3n) is 3.85. The van der Waals surface area contributed by atoms with Crippen LogP contribution in [0.2, 0.25) is 0 Å². The first-order chi connectivity index (χ1) is 12.0. The van der Waals surface area contributed by atoms with Crippen LogP contribution in [0.25, 0.3) is 0 Å². The molecule has 7 nitrogen and oxygen atoms in total. The minimum Gasteiger partial charge on any atom is -0.469 e. The van der Waals surface area contributed by atoms with Crippen LogP contribution >= 0.6 is 0 Å². The molecule has 4 N–H and O–H groups in total. The molecule has 1 heterocycles. The summed E-state index contributed by atoms with van der Waals surface area (Å²) in [5, 5.41) is 5.24. The van der Waals surface area contributed by atoms with Gasteiger partial charge in [0.05, 0.1) is 12.7 Å². The molecule has 0 aliphatic rings. The van der Waals surface area contributed by atoms with E-state index in [1.165, 1.54) is 0 Å². The second-order valence-corrected chi connectivity index (χ2v) is 6.07. The second kappa shape index (κ2) is 12.1. The molecule has 0 radical (unpaired) electrons. The third-order valence-corrected chi connectivity index (χ3v) is 3.85. The molecule has 0 aromatic carbocycles. The van der Waals surface area contributed by atoms with Gasteiger partial charge in [0.15, 0.2) is 0 Å². The number of furan rings is 1. The van der Waals surface area contributed by atoms with E-state index < -0.39 is 11.9 Å². The molecule has 1 aromatic rings. The maximum absolute atomic E-state index is 11.9.